The van der Waals surface area contributed by atoms with Crippen molar-refractivity contribution in [3.63, 3.8) is 0 Å². The molecule has 0 aliphatic carbocycles. The first-order valence-corrected chi connectivity index (χ1v) is 11.2. The molecule has 0 bridgehead atoms. The van der Waals surface area contributed by atoms with E-state index in [-0.39, 0.29) is 25.5 Å². The van der Waals surface area contributed by atoms with Crippen molar-refractivity contribution in [2.75, 3.05) is 11.9 Å². The minimum absolute atomic E-state index is 0.128. The molecule has 0 saturated carbocycles. The van der Waals surface area contributed by atoms with Gasteiger partial charge in [0.1, 0.15) is 0 Å². The Morgan fingerprint density at radius 2 is 1.46 bits per heavy atom. The van der Waals surface area contributed by atoms with Crippen LogP contribution < -0.4 is 15.6 Å². The summed E-state index contributed by atoms with van der Waals surface area (Å²) in [6.07, 6.45) is 0. The molecule has 1 amide bonds. The number of benzene rings is 2. The van der Waals surface area contributed by atoms with Crippen LogP contribution in [0.1, 0.15) is 10.4 Å². The molecule has 13 heteroatoms. The van der Waals surface area contributed by atoms with E-state index in [4.69, 9.17) is 15.0 Å². The van der Waals surface area contributed by atoms with E-state index in [0.717, 1.165) is 6.07 Å². The summed E-state index contributed by atoms with van der Waals surface area (Å²) in [4.78, 5) is 23.6. The lowest BCUT2D eigenvalue weighted by atomic mass is 10.2. The van der Waals surface area contributed by atoms with Gasteiger partial charge in [-0.1, -0.05) is 0 Å². The number of halogens is 1. The van der Waals surface area contributed by atoms with Crippen LogP contribution in [0.15, 0.2) is 56.7 Å². The Labute approximate surface area is 169 Å². The van der Waals surface area contributed by atoms with Crippen LogP contribution in [0.5, 0.6) is 0 Å². The van der Waals surface area contributed by atoms with E-state index in [9.17, 15) is 26.4 Å². The van der Waals surface area contributed by atoms with Gasteiger partial charge in [-0.2, -0.15) is 0 Å². The molecular formula is C15H14BrN3O7S2. The van der Waals surface area contributed by atoms with Gasteiger partial charge in [-0.15, -0.1) is 0 Å². The molecule has 0 spiro atoms. The van der Waals surface area contributed by atoms with Gasteiger partial charge in [-0.3, -0.25) is 4.79 Å². The van der Waals surface area contributed by atoms with Crippen LogP contribution in [-0.2, 0) is 29.6 Å². The fraction of sp³-hybridized carbons (Fsp3) is 0.0667. The Morgan fingerprint density at radius 1 is 0.929 bits per heavy atom. The summed E-state index contributed by atoms with van der Waals surface area (Å²) in [5.74, 6) is -1.65. The van der Waals surface area contributed by atoms with Crippen LogP contribution in [0.3, 0.4) is 0 Å². The number of nitrogens with two attached hydrogens (primary N) is 2. The number of nitrogens with one attached hydrogen (secondary N) is 1. The van der Waals surface area contributed by atoms with E-state index < -0.39 is 38.5 Å². The summed E-state index contributed by atoms with van der Waals surface area (Å²) in [5.41, 5.74) is 0.127. The molecule has 0 unspecified atom stereocenters. The van der Waals surface area contributed by atoms with Gasteiger partial charge in [0.15, 0.2) is 6.61 Å². The molecule has 0 atom stereocenters. The number of carbonyl (C=O) groups is 2. The zero-order chi connectivity index (χ0) is 21.1. The molecule has 2 aromatic rings. The molecule has 5 N–H and O–H groups in total. The van der Waals surface area contributed by atoms with Gasteiger partial charge in [-0.25, -0.2) is 31.9 Å². The molecule has 150 valence electrons. The van der Waals surface area contributed by atoms with Gasteiger partial charge in [0, 0.05) is 10.2 Å². The number of primary sulfonamides is 2. The van der Waals surface area contributed by atoms with Crippen molar-refractivity contribution in [3.8, 4) is 0 Å². The number of carbonyl (C=O) groups excluding carboxylic acids is 2. The zero-order valence-electron chi connectivity index (χ0n) is 14.0. The monoisotopic (exact) mass is 491 g/mol. The minimum Gasteiger partial charge on any atom is -0.452 e. The summed E-state index contributed by atoms with van der Waals surface area (Å²) in [7, 11) is -7.88. The van der Waals surface area contributed by atoms with E-state index in [1.54, 1.807) is 0 Å². The van der Waals surface area contributed by atoms with E-state index in [1.165, 1.54) is 36.4 Å². The molecule has 2 rings (SSSR count). The minimum atomic E-state index is -4.02. The lowest BCUT2D eigenvalue weighted by Gasteiger charge is -2.09. The highest BCUT2D eigenvalue weighted by Crippen LogP contribution is 2.21. The Bertz CT molecular complexity index is 1130. The maximum absolute atomic E-state index is 12.1. The van der Waals surface area contributed by atoms with Gasteiger partial charge in [0.2, 0.25) is 20.0 Å². The summed E-state index contributed by atoms with van der Waals surface area (Å²) in [5, 5.41) is 12.4. The van der Waals surface area contributed by atoms with Gasteiger partial charge in [-0.05, 0) is 58.4 Å². The van der Waals surface area contributed by atoms with Crippen molar-refractivity contribution in [2.45, 2.75) is 9.79 Å². The Kier molecular flexibility index (Phi) is 6.56. The number of hydrogen-bond donors (Lipinski definition) is 3. The molecule has 0 saturated heterocycles. The van der Waals surface area contributed by atoms with Gasteiger partial charge >= 0.3 is 5.97 Å². The normalized spacial score (nSPS) is 11.7. The number of amides is 1. The third kappa shape index (κ3) is 5.84. The standard InChI is InChI=1S/C15H14BrN3O7S2/c16-13-6-5-11(28(18,24)25)7-12(13)15(21)26-8-14(20)19-9-1-3-10(4-2-9)27(17,22)23/h1-7H,8H2,(H,19,20)(H2,17,22,23)(H2,18,24,25). The second kappa shape index (κ2) is 8.36. The molecule has 28 heavy (non-hydrogen) atoms. The zero-order valence-corrected chi connectivity index (χ0v) is 17.2. The molecule has 2 aromatic carbocycles. The first-order valence-electron chi connectivity index (χ1n) is 7.30. The maximum atomic E-state index is 12.1. The third-order valence-electron chi connectivity index (χ3n) is 3.29. The van der Waals surface area contributed by atoms with Crippen LogP contribution in [0, 0.1) is 0 Å². The second-order valence-corrected chi connectivity index (χ2v) is 9.36. The largest absolute Gasteiger partial charge is 0.452 e. The van der Waals surface area contributed by atoms with Crippen LogP contribution in [-0.4, -0.2) is 35.3 Å². The van der Waals surface area contributed by atoms with Crippen LogP contribution in [0.4, 0.5) is 5.69 Å². The van der Waals surface area contributed by atoms with Crippen LogP contribution >= 0.6 is 15.9 Å². The van der Waals surface area contributed by atoms with Crippen molar-refractivity contribution in [1.82, 2.24) is 0 Å². The van der Waals surface area contributed by atoms with Crippen molar-refractivity contribution in [1.29, 1.82) is 0 Å². The molecule has 0 fully saturated rings. The first-order chi connectivity index (χ1) is 12.9. The smallest absolute Gasteiger partial charge is 0.339 e. The van der Waals surface area contributed by atoms with Crippen molar-refractivity contribution < 1.29 is 31.2 Å². The van der Waals surface area contributed by atoms with E-state index in [2.05, 4.69) is 21.2 Å². The molecule has 0 aliphatic heterocycles. The maximum Gasteiger partial charge on any atom is 0.339 e. The van der Waals surface area contributed by atoms with E-state index >= 15 is 0 Å². The first kappa shape index (κ1) is 22.0. The SMILES string of the molecule is NS(=O)(=O)c1ccc(NC(=O)COC(=O)c2cc(S(N)(=O)=O)ccc2Br)cc1. The van der Waals surface area contributed by atoms with Gasteiger partial charge in [0.25, 0.3) is 5.91 Å². The fourth-order valence-corrected chi connectivity index (χ4v) is 3.44. The van der Waals surface area contributed by atoms with Gasteiger partial charge in [0.05, 0.1) is 15.4 Å². The number of hydrogen-bond acceptors (Lipinski definition) is 7. The lowest BCUT2D eigenvalue weighted by molar-refractivity contribution is -0.119. The lowest BCUT2D eigenvalue weighted by Crippen LogP contribution is -2.21. The average molecular weight is 492 g/mol. The molecular weight excluding hydrogens is 478 g/mol. The highest BCUT2D eigenvalue weighted by molar-refractivity contribution is 9.10. The van der Waals surface area contributed by atoms with E-state index in [1.807, 2.05) is 0 Å². The van der Waals surface area contributed by atoms with Crippen molar-refractivity contribution in [2.24, 2.45) is 10.3 Å². The predicted octanol–water partition coefficient (Wildman–Crippen LogP) is 0.539. The Morgan fingerprint density at radius 3 is 2.00 bits per heavy atom. The fourth-order valence-electron chi connectivity index (χ4n) is 1.97. The highest BCUT2D eigenvalue weighted by Gasteiger charge is 2.18. The number of anilines is 1. The molecule has 0 heterocycles. The average Bonchev–Trinajstić information content (AvgIpc) is 2.58. The summed E-state index contributed by atoms with van der Waals surface area (Å²) < 4.78 is 50.2. The summed E-state index contributed by atoms with van der Waals surface area (Å²) >= 11 is 3.09. The summed E-state index contributed by atoms with van der Waals surface area (Å²) in [6.45, 7) is -0.665. The topological polar surface area (TPSA) is 176 Å². The molecule has 0 aromatic heterocycles. The Hall–Kier alpha value is -2.32. The number of rotatable bonds is 6. The second-order valence-electron chi connectivity index (χ2n) is 5.38. The predicted molar refractivity (Wildman–Crippen MR) is 102 cm³/mol. The Balaban J connectivity index is 2.02. The van der Waals surface area contributed by atoms with Crippen LogP contribution in [0.2, 0.25) is 0 Å². The van der Waals surface area contributed by atoms with Crippen LogP contribution in [0.25, 0.3) is 0 Å². The number of esters is 1. The highest BCUT2D eigenvalue weighted by atomic mass is 79.9. The molecule has 0 radical (unpaired) electrons. The quantitative estimate of drug-likeness (QED) is 0.493. The van der Waals surface area contributed by atoms with Crippen molar-refractivity contribution >= 4 is 53.5 Å². The molecule has 10 nitrogen and oxygen atoms in total. The molecule has 0 aliphatic rings. The van der Waals surface area contributed by atoms with Gasteiger partial charge < -0.3 is 10.1 Å². The third-order valence-corrected chi connectivity index (χ3v) is 5.82. The number of ether oxygens (including phenoxy) is 1. The summed E-state index contributed by atoms with van der Waals surface area (Å²) in [6, 6.07) is 8.56. The van der Waals surface area contributed by atoms with Crippen molar-refractivity contribution in [3.05, 3.63) is 52.5 Å². The number of sulfonamides is 2. The van der Waals surface area contributed by atoms with E-state index in [0.29, 0.717) is 0 Å².